The zero-order valence-electron chi connectivity index (χ0n) is 12.4. The van der Waals surface area contributed by atoms with Crippen LogP contribution < -0.4 is 10.1 Å². The molecule has 1 aromatic rings. The summed E-state index contributed by atoms with van der Waals surface area (Å²) in [6, 6.07) is 5.43. The van der Waals surface area contributed by atoms with Gasteiger partial charge < -0.3 is 20.1 Å². The first-order valence-electron chi connectivity index (χ1n) is 6.66. The van der Waals surface area contributed by atoms with Crippen LogP contribution >= 0.6 is 0 Å². The molecule has 0 aliphatic carbocycles. The third-order valence-corrected chi connectivity index (χ3v) is 2.71. The summed E-state index contributed by atoms with van der Waals surface area (Å²) < 4.78 is 40.6. The monoisotopic (exact) mass is 334 g/mol. The lowest BCUT2D eigenvalue weighted by molar-refractivity contribution is -0.153. The molecule has 0 saturated heterocycles. The number of rotatable bonds is 7. The normalized spacial score (nSPS) is 11.0. The topological polar surface area (TPSA) is 78.9 Å². The number of alkyl halides is 3. The highest BCUT2D eigenvalue weighted by atomic mass is 19.4. The number of carboxylic acids is 1. The van der Waals surface area contributed by atoms with E-state index in [0.29, 0.717) is 5.56 Å². The van der Waals surface area contributed by atoms with Gasteiger partial charge in [-0.1, -0.05) is 12.1 Å². The van der Waals surface area contributed by atoms with Crippen molar-refractivity contribution in [3.05, 3.63) is 29.8 Å². The van der Waals surface area contributed by atoms with Gasteiger partial charge in [0, 0.05) is 20.1 Å². The molecule has 0 aliphatic heterocycles. The Hall–Kier alpha value is -2.45. The van der Waals surface area contributed by atoms with Crippen LogP contribution in [0.2, 0.25) is 0 Å². The zero-order valence-corrected chi connectivity index (χ0v) is 12.4. The molecule has 0 saturated carbocycles. The number of benzene rings is 1. The fourth-order valence-corrected chi connectivity index (χ4v) is 1.61. The van der Waals surface area contributed by atoms with Gasteiger partial charge in [-0.2, -0.15) is 13.2 Å². The Morgan fingerprint density at radius 3 is 2.39 bits per heavy atom. The molecule has 0 atom stereocenters. The quantitative estimate of drug-likeness (QED) is 0.802. The largest absolute Gasteiger partial charge is 0.484 e. The predicted octanol–water partition coefficient (Wildman–Crippen LogP) is 2.24. The van der Waals surface area contributed by atoms with Gasteiger partial charge in [0.2, 0.25) is 0 Å². The van der Waals surface area contributed by atoms with E-state index < -0.39 is 24.8 Å². The molecular weight excluding hydrogens is 317 g/mol. The Morgan fingerprint density at radius 2 is 1.87 bits per heavy atom. The summed E-state index contributed by atoms with van der Waals surface area (Å²) in [5.41, 5.74) is 0.695. The van der Waals surface area contributed by atoms with Gasteiger partial charge in [-0.3, -0.25) is 4.79 Å². The van der Waals surface area contributed by atoms with Crippen molar-refractivity contribution in [2.24, 2.45) is 0 Å². The van der Waals surface area contributed by atoms with Crippen LogP contribution in [0.25, 0.3) is 0 Å². The van der Waals surface area contributed by atoms with Crippen molar-refractivity contribution in [1.82, 2.24) is 10.2 Å². The van der Waals surface area contributed by atoms with Crippen molar-refractivity contribution in [2.45, 2.75) is 19.1 Å². The van der Waals surface area contributed by atoms with Gasteiger partial charge >= 0.3 is 18.2 Å². The standard InChI is InChI=1S/C14H17F3N2O4/c1-19(13(22)18-7-6-12(20)21)8-10-2-4-11(5-3-10)23-9-14(15,16)17/h2-5H,6-9H2,1H3,(H,18,22)(H,20,21). The van der Waals surface area contributed by atoms with E-state index in [2.05, 4.69) is 10.1 Å². The highest BCUT2D eigenvalue weighted by Crippen LogP contribution is 2.19. The maximum atomic E-state index is 12.0. The lowest BCUT2D eigenvalue weighted by Crippen LogP contribution is -2.37. The summed E-state index contributed by atoms with van der Waals surface area (Å²) in [5.74, 6) is -0.929. The molecule has 0 bridgehead atoms. The van der Waals surface area contributed by atoms with Crippen molar-refractivity contribution >= 4 is 12.0 Å². The predicted molar refractivity (Wildman–Crippen MR) is 75.1 cm³/mol. The summed E-state index contributed by atoms with van der Waals surface area (Å²) in [5, 5.41) is 10.9. The molecule has 1 rings (SSSR count). The van der Waals surface area contributed by atoms with E-state index in [1.807, 2.05) is 0 Å². The number of halogens is 3. The fraction of sp³-hybridized carbons (Fsp3) is 0.429. The Morgan fingerprint density at radius 1 is 1.26 bits per heavy atom. The molecular formula is C14H17F3N2O4. The van der Waals surface area contributed by atoms with Crippen molar-refractivity contribution in [3.8, 4) is 5.75 Å². The van der Waals surface area contributed by atoms with Crippen LogP contribution in [0.1, 0.15) is 12.0 Å². The van der Waals surface area contributed by atoms with E-state index in [0.717, 1.165) is 0 Å². The molecule has 128 valence electrons. The van der Waals surface area contributed by atoms with Gasteiger partial charge in [0.05, 0.1) is 6.42 Å². The van der Waals surface area contributed by atoms with Crippen LogP contribution in [0.4, 0.5) is 18.0 Å². The van der Waals surface area contributed by atoms with Crippen LogP contribution in [0.15, 0.2) is 24.3 Å². The van der Waals surface area contributed by atoms with Crippen molar-refractivity contribution in [3.63, 3.8) is 0 Å². The Bertz CT molecular complexity index is 532. The third-order valence-electron chi connectivity index (χ3n) is 2.71. The average Bonchev–Trinajstić information content (AvgIpc) is 2.45. The second-order valence-corrected chi connectivity index (χ2v) is 4.78. The highest BCUT2D eigenvalue weighted by molar-refractivity contribution is 5.75. The Labute approximate surface area is 130 Å². The molecule has 0 radical (unpaired) electrons. The van der Waals surface area contributed by atoms with E-state index in [-0.39, 0.29) is 25.3 Å². The van der Waals surface area contributed by atoms with Crippen LogP contribution in [-0.2, 0) is 11.3 Å². The summed E-state index contributed by atoms with van der Waals surface area (Å²) >= 11 is 0. The van der Waals surface area contributed by atoms with Gasteiger partial charge in [0.15, 0.2) is 6.61 Å². The molecule has 23 heavy (non-hydrogen) atoms. The minimum absolute atomic E-state index is 0.0166. The lowest BCUT2D eigenvalue weighted by Gasteiger charge is -2.18. The molecule has 2 amide bonds. The number of hydrogen-bond acceptors (Lipinski definition) is 3. The maximum Gasteiger partial charge on any atom is 0.422 e. The zero-order chi connectivity index (χ0) is 17.5. The number of carbonyl (C=O) groups is 2. The summed E-state index contributed by atoms with van der Waals surface area (Å²) in [6.45, 7) is -1.13. The lowest BCUT2D eigenvalue weighted by atomic mass is 10.2. The van der Waals surface area contributed by atoms with E-state index >= 15 is 0 Å². The second-order valence-electron chi connectivity index (χ2n) is 4.78. The van der Waals surface area contributed by atoms with Crippen molar-refractivity contribution in [2.75, 3.05) is 20.2 Å². The minimum atomic E-state index is -4.40. The smallest absolute Gasteiger partial charge is 0.422 e. The molecule has 0 unspecified atom stereocenters. The minimum Gasteiger partial charge on any atom is -0.484 e. The Kier molecular flexibility index (Phi) is 6.67. The Balaban J connectivity index is 2.44. The molecule has 0 spiro atoms. The number of nitrogens with zero attached hydrogens (tertiary/aromatic N) is 1. The molecule has 6 nitrogen and oxygen atoms in total. The molecule has 9 heteroatoms. The van der Waals surface area contributed by atoms with Crippen LogP contribution in [0.5, 0.6) is 5.75 Å². The van der Waals surface area contributed by atoms with E-state index in [9.17, 15) is 22.8 Å². The molecule has 0 aliphatic rings. The number of urea groups is 1. The van der Waals surface area contributed by atoms with E-state index in [1.54, 1.807) is 12.1 Å². The van der Waals surface area contributed by atoms with Crippen molar-refractivity contribution in [1.29, 1.82) is 0 Å². The van der Waals surface area contributed by atoms with Gasteiger partial charge in [-0.25, -0.2) is 4.79 Å². The molecule has 0 aromatic heterocycles. The SMILES string of the molecule is CN(Cc1ccc(OCC(F)(F)F)cc1)C(=O)NCCC(=O)O. The van der Waals surface area contributed by atoms with Gasteiger partial charge in [0.1, 0.15) is 5.75 Å². The number of carbonyl (C=O) groups excluding carboxylic acids is 1. The number of amides is 2. The second kappa shape index (κ2) is 8.25. The number of carboxylic acid groups (broad SMARTS) is 1. The van der Waals surface area contributed by atoms with Crippen LogP contribution in [-0.4, -0.2) is 48.4 Å². The number of nitrogens with one attached hydrogen (secondary N) is 1. The third kappa shape index (κ3) is 7.93. The summed E-state index contributed by atoms with van der Waals surface area (Å²) in [6.07, 6.45) is -4.57. The first-order chi connectivity index (χ1) is 10.7. The fourth-order valence-electron chi connectivity index (χ4n) is 1.61. The van der Waals surface area contributed by atoms with Crippen LogP contribution in [0.3, 0.4) is 0 Å². The molecule has 0 heterocycles. The first kappa shape index (κ1) is 18.6. The number of aliphatic carboxylic acids is 1. The molecule has 1 aromatic carbocycles. The molecule has 2 N–H and O–H groups in total. The first-order valence-corrected chi connectivity index (χ1v) is 6.66. The highest BCUT2D eigenvalue weighted by Gasteiger charge is 2.28. The van der Waals surface area contributed by atoms with Crippen molar-refractivity contribution < 1.29 is 32.6 Å². The summed E-state index contributed by atoms with van der Waals surface area (Å²) in [4.78, 5) is 23.3. The van der Waals surface area contributed by atoms with E-state index in [1.165, 1.54) is 24.1 Å². The van der Waals surface area contributed by atoms with Gasteiger partial charge in [-0.15, -0.1) is 0 Å². The van der Waals surface area contributed by atoms with Gasteiger partial charge in [-0.05, 0) is 17.7 Å². The maximum absolute atomic E-state index is 12.0. The average molecular weight is 334 g/mol. The van der Waals surface area contributed by atoms with Gasteiger partial charge in [0.25, 0.3) is 0 Å². The van der Waals surface area contributed by atoms with E-state index in [4.69, 9.17) is 5.11 Å². The summed E-state index contributed by atoms with van der Waals surface area (Å²) in [7, 11) is 1.52. The number of hydrogen-bond donors (Lipinski definition) is 2. The van der Waals surface area contributed by atoms with Crippen LogP contribution in [0, 0.1) is 0 Å². The number of ether oxygens (including phenoxy) is 1. The molecule has 0 fully saturated rings.